The summed E-state index contributed by atoms with van der Waals surface area (Å²) >= 11 is 2.95. The Balaban J connectivity index is 1.62. The number of hydrogen-bond acceptors (Lipinski definition) is 4. The number of nitrogens with zero attached hydrogens (tertiary/aromatic N) is 2. The van der Waals surface area contributed by atoms with Gasteiger partial charge < -0.3 is 0 Å². The average Bonchev–Trinajstić information content (AvgIpc) is 3.21. The molecule has 1 aromatic heterocycles. The maximum atomic E-state index is 13.2. The van der Waals surface area contributed by atoms with Crippen LogP contribution in [-0.2, 0) is 17.8 Å². The first-order chi connectivity index (χ1) is 14.6. The molecule has 0 radical (unpaired) electrons. The van der Waals surface area contributed by atoms with Crippen LogP contribution < -0.4 is 4.90 Å². The highest BCUT2D eigenvalue weighted by Gasteiger charge is 2.21. The predicted molar refractivity (Wildman–Crippen MR) is 124 cm³/mol. The van der Waals surface area contributed by atoms with Crippen LogP contribution in [0.25, 0.3) is 10.2 Å². The smallest absolute Gasteiger partial charge is 0.239 e. The molecular weight excluding hydrogens is 415 g/mol. The van der Waals surface area contributed by atoms with Crippen LogP contribution in [-0.4, -0.2) is 16.6 Å². The average molecular weight is 437 g/mol. The van der Waals surface area contributed by atoms with Gasteiger partial charge in [0.15, 0.2) is 5.13 Å². The molecular formula is C24H21FN2OS2. The normalized spacial score (nSPS) is 11.0. The quantitative estimate of drug-likeness (QED) is 0.318. The Kier molecular flexibility index (Phi) is 6.45. The Morgan fingerprint density at radius 2 is 1.80 bits per heavy atom. The van der Waals surface area contributed by atoms with E-state index in [0.29, 0.717) is 11.7 Å². The van der Waals surface area contributed by atoms with Gasteiger partial charge in [0.1, 0.15) is 5.82 Å². The topological polar surface area (TPSA) is 33.2 Å². The van der Waals surface area contributed by atoms with Gasteiger partial charge in [0.25, 0.3) is 0 Å². The Morgan fingerprint density at radius 3 is 2.53 bits per heavy atom. The molecule has 0 saturated carbocycles. The number of rotatable bonds is 7. The van der Waals surface area contributed by atoms with Gasteiger partial charge in [-0.2, -0.15) is 0 Å². The van der Waals surface area contributed by atoms with Crippen LogP contribution in [0.3, 0.4) is 0 Å². The molecule has 0 saturated heterocycles. The molecule has 0 N–H and O–H groups in total. The fourth-order valence-electron chi connectivity index (χ4n) is 3.18. The van der Waals surface area contributed by atoms with Crippen molar-refractivity contribution in [2.24, 2.45) is 0 Å². The van der Waals surface area contributed by atoms with E-state index in [9.17, 15) is 9.18 Å². The van der Waals surface area contributed by atoms with Crippen LogP contribution in [0.4, 0.5) is 9.52 Å². The lowest BCUT2D eigenvalue weighted by Crippen LogP contribution is -2.31. The van der Waals surface area contributed by atoms with E-state index in [2.05, 4.69) is 13.0 Å². The van der Waals surface area contributed by atoms with E-state index in [4.69, 9.17) is 4.98 Å². The van der Waals surface area contributed by atoms with E-state index in [1.165, 1.54) is 29.5 Å². The van der Waals surface area contributed by atoms with Gasteiger partial charge in [-0.1, -0.05) is 60.7 Å². The Hall–Kier alpha value is -2.70. The molecule has 30 heavy (non-hydrogen) atoms. The number of aromatic nitrogens is 1. The van der Waals surface area contributed by atoms with E-state index in [1.54, 1.807) is 28.4 Å². The van der Waals surface area contributed by atoms with Crippen molar-refractivity contribution in [3.63, 3.8) is 0 Å². The molecule has 0 atom stereocenters. The van der Waals surface area contributed by atoms with Gasteiger partial charge in [-0.3, -0.25) is 9.69 Å². The standard InChI is InChI=1S/C24H21FN2OS2/c1-2-18-9-6-10-21-23(18)26-24(30-21)27(15-17-7-4-3-5-8-17)22(28)16-29-20-13-11-19(25)12-14-20/h3-14H,2,15-16H2,1H3. The largest absolute Gasteiger partial charge is 0.283 e. The summed E-state index contributed by atoms with van der Waals surface area (Å²) in [7, 11) is 0. The third-order valence-corrected chi connectivity index (χ3v) is 6.80. The first-order valence-electron chi connectivity index (χ1n) is 9.75. The summed E-state index contributed by atoms with van der Waals surface area (Å²) in [4.78, 5) is 20.7. The van der Waals surface area contributed by atoms with Gasteiger partial charge in [0.2, 0.25) is 5.91 Å². The Morgan fingerprint density at radius 1 is 1.03 bits per heavy atom. The van der Waals surface area contributed by atoms with Crippen LogP contribution in [0.2, 0.25) is 0 Å². The zero-order chi connectivity index (χ0) is 20.9. The predicted octanol–water partition coefficient (Wildman–Crippen LogP) is 6.32. The molecule has 1 heterocycles. The number of halogens is 1. The van der Waals surface area contributed by atoms with Crippen molar-refractivity contribution in [1.82, 2.24) is 4.98 Å². The Labute approximate surface area is 183 Å². The summed E-state index contributed by atoms with van der Waals surface area (Å²) in [6.45, 7) is 2.57. The first-order valence-corrected chi connectivity index (χ1v) is 11.6. The van der Waals surface area contributed by atoms with Gasteiger partial charge >= 0.3 is 0 Å². The molecule has 0 aliphatic heterocycles. The van der Waals surface area contributed by atoms with E-state index >= 15 is 0 Å². The number of carbonyl (C=O) groups excluding carboxylic acids is 1. The lowest BCUT2D eigenvalue weighted by molar-refractivity contribution is -0.116. The van der Waals surface area contributed by atoms with E-state index < -0.39 is 0 Å². The minimum atomic E-state index is -0.280. The number of benzene rings is 3. The number of aryl methyl sites for hydroxylation is 1. The number of fused-ring (bicyclic) bond motifs is 1. The van der Waals surface area contributed by atoms with Crippen molar-refractivity contribution in [2.45, 2.75) is 24.8 Å². The molecule has 0 unspecified atom stereocenters. The lowest BCUT2D eigenvalue weighted by atomic mass is 10.1. The van der Waals surface area contributed by atoms with E-state index in [1.807, 2.05) is 42.5 Å². The zero-order valence-electron chi connectivity index (χ0n) is 16.5. The summed E-state index contributed by atoms with van der Waals surface area (Å²) in [6.07, 6.45) is 0.896. The summed E-state index contributed by atoms with van der Waals surface area (Å²) in [5.41, 5.74) is 3.20. The number of anilines is 1. The molecule has 0 aliphatic rings. The molecule has 6 heteroatoms. The van der Waals surface area contributed by atoms with Crippen molar-refractivity contribution >= 4 is 44.4 Å². The van der Waals surface area contributed by atoms with Gasteiger partial charge in [-0.25, -0.2) is 9.37 Å². The van der Waals surface area contributed by atoms with Crippen molar-refractivity contribution in [1.29, 1.82) is 0 Å². The number of hydrogen-bond donors (Lipinski definition) is 0. The highest BCUT2D eigenvalue weighted by Crippen LogP contribution is 2.32. The van der Waals surface area contributed by atoms with Crippen LogP contribution in [0, 0.1) is 5.82 Å². The highest BCUT2D eigenvalue weighted by atomic mass is 32.2. The zero-order valence-corrected chi connectivity index (χ0v) is 18.2. The highest BCUT2D eigenvalue weighted by molar-refractivity contribution is 8.00. The van der Waals surface area contributed by atoms with E-state index in [0.717, 1.165) is 27.1 Å². The van der Waals surface area contributed by atoms with Crippen LogP contribution in [0.1, 0.15) is 18.1 Å². The molecule has 3 aromatic carbocycles. The Bertz CT molecular complexity index is 1140. The van der Waals surface area contributed by atoms with Crippen molar-refractivity contribution in [3.8, 4) is 0 Å². The fraction of sp³-hybridized carbons (Fsp3) is 0.167. The maximum absolute atomic E-state index is 13.2. The van der Waals surface area contributed by atoms with Crippen LogP contribution in [0.5, 0.6) is 0 Å². The molecule has 0 spiro atoms. The SMILES string of the molecule is CCc1cccc2sc(N(Cc3ccccc3)C(=O)CSc3ccc(F)cc3)nc12. The second-order valence-corrected chi connectivity index (χ2v) is 8.88. The third-order valence-electron chi connectivity index (χ3n) is 4.76. The van der Waals surface area contributed by atoms with Crippen LogP contribution >= 0.6 is 23.1 Å². The summed E-state index contributed by atoms with van der Waals surface area (Å²) < 4.78 is 14.2. The number of amides is 1. The van der Waals surface area contributed by atoms with E-state index in [-0.39, 0.29) is 17.5 Å². The van der Waals surface area contributed by atoms with Gasteiger partial charge in [-0.15, -0.1) is 11.8 Å². The second-order valence-electron chi connectivity index (χ2n) is 6.82. The molecule has 0 fully saturated rings. The number of thioether (sulfide) groups is 1. The maximum Gasteiger partial charge on any atom is 0.239 e. The minimum Gasteiger partial charge on any atom is -0.283 e. The summed E-state index contributed by atoms with van der Waals surface area (Å²) in [5.74, 6) is -0.0439. The van der Waals surface area contributed by atoms with Gasteiger partial charge in [-0.05, 0) is 47.9 Å². The number of thiazole rings is 1. The molecule has 0 bridgehead atoms. The van der Waals surface area contributed by atoms with Crippen molar-refractivity contribution < 1.29 is 9.18 Å². The van der Waals surface area contributed by atoms with Crippen molar-refractivity contribution in [3.05, 3.63) is 89.7 Å². The lowest BCUT2D eigenvalue weighted by Gasteiger charge is -2.20. The van der Waals surface area contributed by atoms with Gasteiger partial charge in [0.05, 0.1) is 22.5 Å². The molecule has 1 amide bonds. The first kappa shape index (κ1) is 20.6. The minimum absolute atomic E-state index is 0.0229. The van der Waals surface area contributed by atoms with Crippen molar-refractivity contribution in [2.75, 3.05) is 10.7 Å². The van der Waals surface area contributed by atoms with Gasteiger partial charge in [0, 0.05) is 4.90 Å². The number of carbonyl (C=O) groups is 1. The molecule has 4 aromatic rings. The number of para-hydroxylation sites is 1. The fourth-order valence-corrected chi connectivity index (χ4v) is 4.98. The molecule has 3 nitrogen and oxygen atoms in total. The second kappa shape index (κ2) is 9.41. The molecule has 0 aliphatic carbocycles. The monoisotopic (exact) mass is 436 g/mol. The van der Waals surface area contributed by atoms with Crippen LogP contribution in [0.15, 0.2) is 77.7 Å². The third kappa shape index (κ3) is 4.71. The molecule has 4 rings (SSSR count). The molecule has 152 valence electrons. The summed E-state index contributed by atoms with van der Waals surface area (Å²) in [6, 6.07) is 22.3. The summed E-state index contributed by atoms with van der Waals surface area (Å²) in [5, 5.41) is 0.708.